The molecule has 2 nitrogen and oxygen atoms in total. The molecule has 0 aliphatic carbocycles. The molecule has 48 heavy (non-hydrogen) atoms. The van der Waals surface area contributed by atoms with Crippen molar-refractivity contribution in [3.05, 3.63) is 119 Å². The number of furan rings is 1. The third-order valence-corrected chi connectivity index (χ3v) is 10.2. The molecule has 246 valence electrons. The monoisotopic (exact) mass is 633 g/mol. The van der Waals surface area contributed by atoms with Gasteiger partial charge in [-0.2, -0.15) is 0 Å². The van der Waals surface area contributed by atoms with Gasteiger partial charge in [0.2, 0.25) is 6.71 Å². The van der Waals surface area contributed by atoms with Crippen molar-refractivity contribution in [1.29, 1.82) is 0 Å². The average Bonchev–Trinajstić information content (AvgIpc) is 3.42. The van der Waals surface area contributed by atoms with E-state index < -0.39 is 0 Å². The summed E-state index contributed by atoms with van der Waals surface area (Å²) in [6.45, 7) is 25.5. The number of benzene rings is 4. The number of pyridine rings is 1. The van der Waals surface area contributed by atoms with Gasteiger partial charge in [-0.05, 0) is 81.2 Å². The number of rotatable bonds is 8. The summed E-state index contributed by atoms with van der Waals surface area (Å²) in [6, 6.07) is 31.8. The van der Waals surface area contributed by atoms with Crippen LogP contribution in [0.5, 0.6) is 0 Å². The van der Waals surface area contributed by atoms with Gasteiger partial charge in [0.25, 0.3) is 0 Å². The van der Waals surface area contributed by atoms with E-state index in [1.807, 2.05) is 6.20 Å². The fraction of sp³-hybridized carbons (Fsp3) is 0.356. The lowest BCUT2D eigenvalue weighted by molar-refractivity contribution is 0.589. The summed E-state index contributed by atoms with van der Waals surface area (Å²) in [5.74, 6) is 1.57. The van der Waals surface area contributed by atoms with Gasteiger partial charge >= 0.3 is 0 Å². The van der Waals surface area contributed by atoms with E-state index in [4.69, 9.17) is 9.40 Å². The van der Waals surface area contributed by atoms with Gasteiger partial charge in [0.05, 0.1) is 5.69 Å². The third-order valence-electron chi connectivity index (χ3n) is 10.2. The predicted molar refractivity (Wildman–Crippen MR) is 210 cm³/mol. The maximum atomic E-state index is 6.90. The Hall–Kier alpha value is -4.11. The maximum absolute atomic E-state index is 6.90. The summed E-state index contributed by atoms with van der Waals surface area (Å²) >= 11 is 0. The Morgan fingerprint density at radius 3 is 1.60 bits per heavy atom. The molecule has 6 rings (SSSR count). The molecule has 0 radical (unpaired) electrons. The van der Waals surface area contributed by atoms with Crippen molar-refractivity contribution < 1.29 is 4.42 Å². The van der Waals surface area contributed by atoms with Crippen molar-refractivity contribution in [1.82, 2.24) is 4.98 Å². The molecular weight excluding hydrogens is 581 g/mol. The van der Waals surface area contributed by atoms with Crippen LogP contribution in [0.4, 0.5) is 0 Å². The van der Waals surface area contributed by atoms with Crippen LogP contribution >= 0.6 is 0 Å². The first kappa shape index (κ1) is 33.8. The fourth-order valence-corrected chi connectivity index (χ4v) is 7.60. The summed E-state index contributed by atoms with van der Waals surface area (Å²) in [6.07, 6.45) is 1.93. The summed E-state index contributed by atoms with van der Waals surface area (Å²) in [4.78, 5) is 4.81. The number of para-hydroxylation sites is 1. The molecule has 0 unspecified atom stereocenters. The number of aromatic nitrogens is 1. The molecule has 0 atom stereocenters. The number of hydrogen-bond acceptors (Lipinski definition) is 2. The molecule has 4 aromatic carbocycles. The highest BCUT2D eigenvalue weighted by molar-refractivity contribution is 6.96. The predicted octanol–water partition coefficient (Wildman–Crippen LogP) is 11.0. The molecule has 6 aromatic rings. The van der Waals surface area contributed by atoms with Gasteiger partial charge in [0.15, 0.2) is 0 Å². The normalized spacial score (nSPS) is 12.4. The molecule has 0 aliphatic rings. The molecule has 0 N–H and O–H groups in total. The summed E-state index contributed by atoms with van der Waals surface area (Å²) < 4.78 is 6.90. The molecule has 0 saturated carbocycles. The Morgan fingerprint density at radius 1 is 0.583 bits per heavy atom. The van der Waals surface area contributed by atoms with Gasteiger partial charge in [0.1, 0.15) is 11.2 Å². The van der Waals surface area contributed by atoms with Crippen LogP contribution in [0.15, 0.2) is 95.5 Å². The molecule has 0 saturated heterocycles. The zero-order valence-electron chi connectivity index (χ0n) is 30.9. The van der Waals surface area contributed by atoms with Gasteiger partial charge in [-0.3, -0.25) is 4.98 Å². The van der Waals surface area contributed by atoms with Crippen molar-refractivity contribution in [3.8, 4) is 11.3 Å². The topological polar surface area (TPSA) is 26.0 Å². The SMILES string of the molecule is CC(C)c1cccc(C(C)C)c1B(c1ccc2c(c1)oc1c(-c3cc(C(C)(C)C)ccn3)cccc12)c1c(C(C)C)cccc1C(C)C. The Labute approximate surface area is 289 Å². The highest BCUT2D eigenvalue weighted by Gasteiger charge is 2.33. The lowest BCUT2D eigenvalue weighted by Gasteiger charge is -2.30. The summed E-state index contributed by atoms with van der Waals surface area (Å²) in [5, 5.41) is 2.27. The first-order valence-electron chi connectivity index (χ1n) is 17.9. The quantitative estimate of drug-likeness (QED) is 0.156. The second-order valence-electron chi connectivity index (χ2n) is 16.0. The van der Waals surface area contributed by atoms with E-state index in [-0.39, 0.29) is 12.1 Å². The molecule has 3 heteroatoms. The Morgan fingerprint density at radius 2 is 1.10 bits per heavy atom. The zero-order valence-corrected chi connectivity index (χ0v) is 30.9. The van der Waals surface area contributed by atoms with Gasteiger partial charge in [0, 0.05) is 22.5 Å². The molecule has 2 aromatic heterocycles. The first-order chi connectivity index (χ1) is 22.8. The Balaban J connectivity index is 1.66. The number of hydrogen-bond donors (Lipinski definition) is 0. The maximum Gasteiger partial charge on any atom is 0.242 e. The zero-order chi connectivity index (χ0) is 34.5. The van der Waals surface area contributed by atoms with Crippen LogP contribution in [0.25, 0.3) is 33.2 Å². The minimum absolute atomic E-state index is 0.0333. The lowest BCUT2D eigenvalue weighted by Crippen LogP contribution is -2.57. The average molecular weight is 634 g/mol. The first-order valence-corrected chi connectivity index (χ1v) is 17.9. The van der Waals surface area contributed by atoms with E-state index in [1.54, 1.807) is 0 Å². The minimum Gasteiger partial charge on any atom is -0.455 e. The number of fused-ring (bicyclic) bond motifs is 3. The van der Waals surface area contributed by atoms with Crippen molar-refractivity contribution in [2.24, 2.45) is 0 Å². The van der Waals surface area contributed by atoms with Crippen molar-refractivity contribution >= 4 is 45.0 Å². The molecule has 0 amide bonds. The molecular formula is C45H52BNO. The minimum atomic E-state index is 0.0333. The van der Waals surface area contributed by atoms with Gasteiger partial charge < -0.3 is 4.42 Å². The van der Waals surface area contributed by atoms with E-state index in [9.17, 15) is 0 Å². The largest absolute Gasteiger partial charge is 0.455 e. The van der Waals surface area contributed by atoms with Crippen molar-refractivity contribution in [3.63, 3.8) is 0 Å². The molecule has 0 spiro atoms. The van der Waals surface area contributed by atoms with Crippen LogP contribution in [0.1, 0.15) is 128 Å². The second-order valence-corrected chi connectivity index (χ2v) is 16.0. The Bertz CT molecular complexity index is 1970. The highest BCUT2D eigenvalue weighted by Crippen LogP contribution is 2.36. The molecule has 2 heterocycles. The van der Waals surface area contributed by atoms with Crippen LogP contribution in [0.2, 0.25) is 0 Å². The fourth-order valence-electron chi connectivity index (χ4n) is 7.60. The third kappa shape index (κ3) is 6.13. The summed E-state index contributed by atoms with van der Waals surface area (Å²) in [5.41, 5.74) is 15.0. The molecule has 0 aliphatic heterocycles. The van der Waals surface area contributed by atoms with Gasteiger partial charge in [-0.15, -0.1) is 0 Å². The van der Waals surface area contributed by atoms with Crippen LogP contribution in [0.3, 0.4) is 0 Å². The van der Waals surface area contributed by atoms with E-state index in [1.165, 1.54) is 44.2 Å². The molecule has 0 fully saturated rings. The standard InChI is InChI=1S/C45H52BNO/c1-27(2)33-15-12-16-34(28(3)4)42(33)46(43-35(29(5)6)17-13-18-36(43)30(7)8)32-21-22-37-38-19-14-20-39(44(38)48-41(37)26-32)40-25-31(23-24-47-40)45(9,10)11/h12-30H,1-11H3. The van der Waals surface area contributed by atoms with Gasteiger partial charge in [-0.1, -0.05) is 153 Å². The van der Waals surface area contributed by atoms with E-state index in [0.29, 0.717) is 23.7 Å². The van der Waals surface area contributed by atoms with Crippen LogP contribution in [-0.4, -0.2) is 11.7 Å². The van der Waals surface area contributed by atoms with Crippen molar-refractivity contribution in [2.45, 2.75) is 105 Å². The lowest BCUT2D eigenvalue weighted by atomic mass is 9.33. The van der Waals surface area contributed by atoms with E-state index in [2.05, 4.69) is 161 Å². The Kier molecular flexibility index (Phi) is 9.20. The smallest absolute Gasteiger partial charge is 0.242 e. The summed E-state index contributed by atoms with van der Waals surface area (Å²) in [7, 11) is 0. The van der Waals surface area contributed by atoms with Crippen molar-refractivity contribution in [2.75, 3.05) is 0 Å². The van der Waals surface area contributed by atoms with Gasteiger partial charge in [-0.25, -0.2) is 0 Å². The van der Waals surface area contributed by atoms with Crippen LogP contribution < -0.4 is 16.4 Å². The molecule has 0 bridgehead atoms. The van der Waals surface area contributed by atoms with Crippen LogP contribution in [0, 0.1) is 0 Å². The second kappa shape index (κ2) is 13.1. The number of nitrogens with zero attached hydrogens (tertiary/aromatic N) is 1. The van der Waals surface area contributed by atoms with E-state index >= 15 is 0 Å². The highest BCUT2D eigenvalue weighted by atomic mass is 16.3. The van der Waals surface area contributed by atoms with Crippen LogP contribution in [-0.2, 0) is 5.41 Å². The van der Waals surface area contributed by atoms with E-state index in [0.717, 1.165) is 33.2 Å².